The van der Waals surface area contributed by atoms with Crippen molar-refractivity contribution in [3.05, 3.63) is 56.7 Å². The number of thiophene rings is 1. The first-order valence-electron chi connectivity index (χ1n) is 7.18. The van der Waals surface area contributed by atoms with Gasteiger partial charge in [-0.2, -0.15) is 0 Å². The highest BCUT2D eigenvalue weighted by atomic mass is 35.5. The van der Waals surface area contributed by atoms with E-state index in [4.69, 9.17) is 11.6 Å². The predicted octanol–water partition coefficient (Wildman–Crippen LogP) is 5.90. The molecule has 0 aliphatic carbocycles. The van der Waals surface area contributed by atoms with Crippen LogP contribution in [0.15, 0.2) is 36.4 Å². The maximum Gasteiger partial charge on any atom is 0.0406 e. The topological polar surface area (TPSA) is 12.0 Å². The summed E-state index contributed by atoms with van der Waals surface area (Å²) >= 11 is 7.85. The van der Waals surface area contributed by atoms with Gasteiger partial charge in [-0.3, -0.25) is 0 Å². The van der Waals surface area contributed by atoms with Gasteiger partial charge in [0.25, 0.3) is 0 Å². The second kappa shape index (κ2) is 7.26. The highest BCUT2D eigenvalue weighted by molar-refractivity contribution is 7.12. The van der Waals surface area contributed by atoms with Crippen molar-refractivity contribution < 1.29 is 0 Å². The van der Waals surface area contributed by atoms with E-state index in [-0.39, 0.29) is 0 Å². The molecule has 0 saturated heterocycles. The Morgan fingerprint density at radius 2 is 1.85 bits per heavy atom. The van der Waals surface area contributed by atoms with Crippen LogP contribution < -0.4 is 5.32 Å². The molecule has 1 aromatic heterocycles. The van der Waals surface area contributed by atoms with E-state index in [1.807, 2.05) is 23.5 Å². The first-order valence-corrected chi connectivity index (χ1v) is 8.37. The normalized spacial score (nSPS) is 14.2. The van der Waals surface area contributed by atoms with E-state index in [0.717, 1.165) is 17.9 Å². The summed E-state index contributed by atoms with van der Waals surface area (Å²) in [6.45, 7) is 6.62. The lowest BCUT2D eigenvalue weighted by molar-refractivity contribution is 0.443. The minimum atomic E-state index is 0.376. The number of rotatable bonds is 6. The Balaban J connectivity index is 2.10. The molecule has 1 nitrogen and oxygen atoms in total. The summed E-state index contributed by atoms with van der Waals surface area (Å²) in [6, 6.07) is 13.4. The van der Waals surface area contributed by atoms with Crippen LogP contribution in [0.25, 0.3) is 0 Å². The second-order valence-corrected chi connectivity index (χ2v) is 6.99. The van der Waals surface area contributed by atoms with Crippen molar-refractivity contribution in [3.8, 4) is 0 Å². The fraction of sp³-hybridized carbons (Fsp3) is 0.412. The monoisotopic (exact) mass is 307 g/mol. The van der Waals surface area contributed by atoms with Crippen molar-refractivity contribution in [1.82, 2.24) is 5.32 Å². The Kier molecular flexibility index (Phi) is 5.64. The van der Waals surface area contributed by atoms with Crippen molar-refractivity contribution in [2.24, 2.45) is 0 Å². The molecule has 0 spiro atoms. The molecule has 1 aromatic carbocycles. The quantitative estimate of drug-likeness (QED) is 0.700. The second-order valence-electron chi connectivity index (χ2n) is 5.23. The summed E-state index contributed by atoms with van der Waals surface area (Å²) < 4.78 is 0. The van der Waals surface area contributed by atoms with Gasteiger partial charge in [0, 0.05) is 26.9 Å². The molecule has 2 rings (SSSR count). The van der Waals surface area contributed by atoms with Crippen molar-refractivity contribution in [2.75, 3.05) is 0 Å². The Bertz CT molecular complexity index is 532. The Morgan fingerprint density at radius 3 is 2.40 bits per heavy atom. The number of nitrogens with one attached hydrogen (secondary N) is 1. The molecule has 2 atom stereocenters. The summed E-state index contributed by atoms with van der Waals surface area (Å²) in [7, 11) is 0. The lowest BCUT2D eigenvalue weighted by Gasteiger charge is -2.23. The number of halogens is 1. The van der Waals surface area contributed by atoms with Gasteiger partial charge in [-0.25, -0.2) is 0 Å². The van der Waals surface area contributed by atoms with Crippen molar-refractivity contribution >= 4 is 22.9 Å². The minimum absolute atomic E-state index is 0.376. The van der Waals surface area contributed by atoms with Gasteiger partial charge >= 0.3 is 0 Å². The fourth-order valence-electron chi connectivity index (χ4n) is 2.40. The first kappa shape index (κ1) is 15.6. The van der Waals surface area contributed by atoms with E-state index in [2.05, 4.69) is 50.4 Å². The van der Waals surface area contributed by atoms with Crippen molar-refractivity contribution in [3.63, 3.8) is 0 Å². The molecule has 1 heterocycles. The average molecular weight is 308 g/mol. The molecule has 0 aliphatic rings. The zero-order valence-corrected chi connectivity index (χ0v) is 13.9. The summed E-state index contributed by atoms with van der Waals surface area (Å²) in [5, 5.41) is 4.55. The molecular weight excluding hydrogens is 286 g/mol. The third-order valence-electron chi connectivity index (χ3n) is 3.49. The summed E-state index contributed by atoms with van der Waals surface area (Å²) in [6.07, 6.45) is 2.30. The molecule has 3 heteroatoms. The van der Waals surface area contributed by atoms with Crippen LogP contribution in [0, 0.1) is 6.92 Å². The number of hydrogen-bond acceptors (Lipinski definition) is 2. The molecule has 0 fully saturated rings. The van der Waals surface area contributed by atoms with E-state index in [1.54, 1.807) is 0 Å². The van der Waals surface area contributed by atoms with Crippen LogP contribution in [0.5, 0.6) is 0 Å². The minimum Gasteiger partial charge on any atom is -0.303 e. The summed E-state index contributed by atoms with van der Waals surface area (Å²) in [5.41, 5.74) is 1.32. The first-order chi connectivity index (χ1) is 9.60. The maximum absolute atomic E-state index is 5.98. The number of hydrogen-bond donors (Lipinski definition) is 1. The van der Waals surface area contributed by atoms with Crippen LogP contribution in [-0.4, -0.2) is 0 Å². The zero-order chi connectivity index (χ0) is 14.5. The smallest absolute Gasteiger partial charge is 0.0406 e. The molecule has 0 aliphatic heterocycles. The lowest BCUT2D eigenvalue weighted by Crippen LogP contribution is -2.24. The number of aryl methyl sites for hydroxylation is 1. The Morgan fingerprint density at radius 1 is 1.15 bits per heavy atom. The van der Waals surface area contributed by atoms with Gasteiger partial charge in [0.2, 0.25) is 0 Å². The molecule has 0 bridgehead atoms. The Labute approximate surface area is 131 Å². The van der Waals surface area contributed by atoms with E-state index in [1.165, 1.54) is 15.3 Å². The fourth-order valence-corrected chi connectivity index (χ4v) is 3.41. The predicted molar refractivity (Wildman–Crippen MR) is 89.7 cm³/mol. The largest absolute Gasteiger partial charge is 0.303 e. The molecule has 0 radical (unpaired) electrons. The van der Waals surface area contributed by atoms with Gasteiger partial charge in [0.05, 0.1) is 0 Å². The van der Waals surface area contributed by atoms with E-state index in [9.17, 15) is 0 Å². The molecule has 1 N–H and O–H groups in total. The van der Waals surface area contributed by atoms with Crippen LogP contribution in [0.2, 0.25) is 5.02 Å². The van der Waals surface area contributed by atoms with E-state index >= 15 is 0 Å². The van der Waals surface area contributed by atoms with Crippen LogP contribution >= 0.6 is 22.9 Å². The van der Waals surface area contributed by atoms with Gasteiger partial charge in [-0.15, -0.1) is 11.3 Å². The van der Waals surface area contributed by atoms with E-state index in [0.29, 0.717) is 12.1 Å². The third kappa shape index (κ3) is 4.08. The zero-order valence-electron chi connectivity index (χ0n) is 12.3. The van der Waals surface area contributed by atoms with Crippen LogP contribution in [0.3, 0.4) is 0 Å². The standard InChI is InChI=1S/C17H22ClNS/c1-4-5-16(14-7-9-15(18)10-8-14)19-13(3)17-11-6-12(2)20-17/h6-11,13,16,19H,4-5H2,1-3H3. The van der Waals surface area contributed by atoms with Gasteiger partial charge in [-0.1, -0.05) is 37.1 Å². The Hall–Kier alpha value is -0.830. The van der Waals surface area contributed by atoms with Crippen LogP contribution in [-0.2, 0) is 0 Å². The highest BCUT2D eigenvalue weighted by Crippen LogP contribution is 2.27. The van der Waals surface area contributed by atoms with Gasteiger partial charge in [0.15, 0.2) is 0 Å². The molecule has 0 amide bonds. The maximum atomic E-state index is 5.98. The van der Waals surface area contributed by atoms with Crippen LogP contribution in [0.1, 0.15) is 54.1 Å². The van der Waals surface area contributed by atoms with Gasteiger partial charge in [0.1, 0.15) is 0 Å². The van der Waals surface area contributed by atoms with Crippen LogP contribution in [0.4, 0.5) is 0 Å². The van der Waals surface area contributed by atoms with Gasteiger partial charge in [-0.05, 0) is 50.1 Å². The van der Waals surface area contributed by atoms with Gasteiger partial charge < -0.3 is 5.32 Å². The van der Waals surface area contributed by atoms with Crippen molar-refractivity contribution in [1.29, 1.82) is 0 Å². The number of benzene rings is 1. The molecule has 108 valence electrons. The average Bonchev–Trinajstić information content (AvgIpc) is 2.86. The molecule has 2 unspecified atom stereocenters. The molecular formula is C17H22ClNS. The lowest BCUT2D eigenvalue weighted by atomic mass is 10.0. The van der Waals surface area contributed by atoms with Crippen molar-refractivity contribution in [2.45, 2.75) is 45.7 Å². The molecule has 20 heavy (non-hydrogen) atoms. The summed E-state index contributed by atoms with van der Waals surface area (Å²) in [4.78, 5) is 2.77. The highest BCUT2D eigenvalue weighted by Gasteiger charge is 2.15. The SMILES string of the molecule is CCCC(NC(C)c1ccc(C)s1)c1ccc(Cl)cc1. The summed E-state index contributed by atoms with van der Waals surface area (Å²) in [5.74, 6) is 0. The molecule has 2 aromatic rings. The van der Waals surface area contributed by atoms with E-state index < -0.39 is 0 Å². The third-order valence-corrected chi connectivity index (χ3v) is 4.92. The molecule has 0 saturated carbocycles.